The number of nitrogens with zero attached hydrogens (tertiary/aromatic N) is 1. The number of hydrogen-bond acceptors (Lipinski definition) is 3. The van der Waals surface area contributed by atoms with Crippen molar-refractivity contribution in [3.05, 3.63) is 88.5 Å². The number of ether oxygens (including phenoxy) is 1. The van der Waals surface area contributed by atoms with E-state index in [1.54, 1.807) is 18.5 Å². The minimum atomic E-state index is -0.515. The Morgan fingerprint density at radius 2 is 2.04 bits per heavy atom. The summed E-state index contributed by atoms with van der Waals surface area (Å²) in [5.41, 5.74) is 2.77. The second-order valence-corrected chi connectivity index (χ2v) is 6.07. The van der Waals surface area contributed by atoms with Gasteiger partial charge in [0, 0.05) is 35.3 Å². The maximum absolute atomic E-state index is 13.2. The van der Waals surface area contributed by atoms with E-state index in [1.165, 1.54) is 18.2 Å². The highest BCUT2D eigenvalue weighted by molar-refractivity contribution is 6.30. The number of carbonyl (C=O) groups is 1. The van der Waals surface area contributed by atoms with E-state index in [0.29, 0.717) is 16.9 Å². The first-order valence-corrected chi connectivity index (χ1v) is 8.30. The van der Waals surface area contributed by atoms with Crippen LogP contribution in [0.15, 0.2) is 60.9 Å². The Labute approximate surface area is 155 Å². The number of rotatable bonds is 5. The maximum Gasteiger partial charge on any atom is 0.256 e. The Morgan fingerprint density at radius 1 is 1.23 bits per heavy atom. The third kappa shape index (κ3) is 4.18. The summed E-state index contributed by atoms with van der Waals surface area (Å²) < 4.78 is 18.8. The van der Waals surface area contributed by atoms with Crippen LogP contribution in [-0.4, -0.2) is 10.9 Å². The summed E-state index contributed by atoms with van der Waals surface area (Å²) in [6, 6.07) is 13.2. The van der Waals surface area contributed by atoms with Gasteiger partial charge < -0.3 is 10.1 Å². The van der Waals surface area contributed by atoms with E-state index in [0.717, 1.165) is 11.3 Å². The summed E-state index contributed by atoms with van der Waals surface area (Å²) >= 11 is 5.75. The molecule has 2 aromatic carbocycles. The van der Waals surface area contributed by atoms with Crippen molar-refractivity contribution >= 4 is 23.2 Å². The lowest BCUT2D eigenvalue weighted by atomic mass is 10.1. The predicted molar refractivity (Wildman–Crippen MR) is 99.1 cm³/mol. The molecule has 0 saturated carbocycles. The van der Waals surface area contributed by atoms with Crippen molar-refractivity contribution in [3.8, 4) is 5.75 Å². The topological polar surface area (TPSA) is 51.2 Å². The Balaban J connectivity index is 1.76. The van der Waals surface area contributed by atoms with Gasteiger partial charge in [-0.1, -0.05) is 29.8 Å². The number of amides is 1. The summed E-state index contributed by atoms with van der Waals surface area (Å²) in [6.07, 6.45) is 3.11. The van der Waals surface area contributed by atoms with E-state index in [-0.39, 0.29) is 17.5 Å². The summed E-state index contributed by atoms with van der Waals surface area (Å²) in [7, 11) is 0. The standard InChI is InChI=1S/C20H16ClFN2O2/c1-13-4-2-3-5-19(13)24-20(25)16-8-9-23-11-14(16)12-26-15-6-7-18(22)17(21)10-15/h2-11H,12H2,1H3,(H,24,25). The molecule has 1 aromatic heterocycles. The number of benzene rings is 2. The van der Waals surface area contributed by atoms with Crippen LogP contribution in [0.5, 0.6) is 5.75 Å². The first-order chi connectivity index (χ1) is 12.5. The van der Waals surface area contributed by atoms with Crippen molar-refractivity contribution in [3.63, 3.8) is 0 Å². The van der Waals surface area contributed by atoms with Crippen LogP contribution in [0.1, 0.15) is 21.5 Å². The van der Waals surface area contributed by atoms with Crippen molar-refractivity contribution in [1.29, 1.82) is 0 Å². The van der Waals surface area contributed by atoms with Crippen LogP contribution in [0.3, 0.4) is 0 Å². The van der Waals surface area contributed by atoms with Crippen molar-refractivity contribution < 1.29 is 13.9 Å². The number of carbonyl (C=O) groups excluding carboxylic acids is 1. The summed E-state index contributed by atoms with van der Waals surface area (Å²) in [4.78, 5) is 16.7. The van der Waals surface area contributed by atoms with Gasteiger partial charge >= 0.3 is 0 Å². The third-order valence-corrected chi connectivity index (χ3v) is 4.12. The van der Waals surface area contributed by atoms with Gasteiger partial charge in [-0.25, -0.2) is 4.39 Å². The molecule has 0 fully saturated rings. The van der Waals surface area contributed by atoms with Gasteiger partial charge in [-0.05, 0) is 36.8 Å². The van der Waals surface area contributed by atoms with E-state index >= 15 is 0 Å². The summed E-state index contributed by atoms with van der Waals surface area (Å²) in [6.45, 7) is 2.02. The first kappa shape index (κ1) is 17.9. The number of anilines is 1. The molecule has 0 atom stereocenters. The number of para-hydroxylation sites is 1. The zero-order valence-electron chi connectivity index (χ0n) is 14.0. The largest absolute Gasteiger partial charge is 0.489 e. The summed E-state index contributed by atoms with van der Waals surface area (Å²) in [5, 5.41) is 2.87. The monoisotopic (exact) mass is 370 g/mol. The van der Waals surface area contributed by atoms with Gasteiger partial charge in [-0.15, -0.1) is 0 Å². The van der Waals surface area contributed by atoms with Crippen LogP contribution in [0.25, 0.3) is 0 Å². The van der Waals surface area contributed by atoms with E-state index in [2.05, 4.69) is 10.3 Å². The zero-order chi connectivity index (χ0) is 18.5. The fourth-order valence-corrected chi connectivity index (χ4v) is 2.56. The van der Waals surface area contributed by atoms with Gasteiger partial charge in [-0.2, -0.15) is 0 Å². The first-order valence-electron chi connectivity index (χ1n) is 7.92. The van der Waals surface area contributed by atoms with Crippen LogP contribution in [-0.2, 0) is 6.61 Å². The SMILES string of the molecule is Cc1ccccc1NC(=O)c1ccncc1COc1ccc(F)c(Cl)c1. The average Bonchev–Trinajstić information content (AvgIpc) is 2.65. The van der Waals surface area contributed by atoms with Gasteiger partial charge in [0.25, 0.3) is 5.91 Å². The molecule has 3 rings (SSSR count). The zero-order valence-corrected chi connectivity index (χ0v) is 14.8. The van der Waals surface area contributed by atoms with Gasteiger partial charge in [0.2, 0.25) is 0 Å². The smallest absolute Gasteiger partial charge is 0.256 e. The molecule has 0 spiro atoms. The van der Waals surface area contributed by atoms with Crippen LogP contribution in [0.2, 0.25) is 5.02 Å². The molecule has 0 aliphatic carbocycles. The molecule has 6 heteroatoms. The van der Waals surface area contributed by atoms with E-state index < -0.39 is 5.82 Å². The molecule has 0 saturated heterocycles. The van der Waals surface area contributed by atoms with E-state index in [1.807, 2.05) is 31.2 Å². The molecule has 0 bridgehead atoms. The molecule has 1 N–H and O–H groups in total. The van der Waals surface area contributed by atoms with Crippen LogP contribution < -0.4 is 10.1 Å². The fourth-order valence-electron chi connectivity index (χ4n) is 2.39. The molecule has 4 nitrogen and oxygen atoms in total. The van der Waals surface area contributed by atoms with Crippen LogP contribution in [0.4, 0.5) is 10.1 Å². The number of hydrogen-bond donors (Lipinski definition) is 1. The molecule has 1 heterocycles. The van der Waals surface area contributed by atoms with Gasteiger partial charge in [0.1, 0.15) is 18.2 Å². The quantitative estimate of drug-likeness (QED) is 0.686. The Kier molecular flexibility index (Phi) is 5.49. The molecule has 3 aromatic rings. The van der Waals surface area contributed by atoms with E-state index in [4.69, 9.17) is 16.3 Å². The maximum atomic E-state index is 13.2. The molecule has 132 valence electrons. The Hall–Kier alpha value is -2.92. The van der Waals surface area contributed by atoms with E-state index in [9.17, 15) is 9.18 Å². The second-order valence-electron chi connectivity index (χ2n) is 5.67. The highest BCUT2D eigenvalue weighted by Gasteiger charge is 2.13. The lowest BCUT2D eigenvalue weighted by Gasteiger charge is -2.12. The fraction of sp³-hybridized carbons (Fsp3) is 0.100. The molecule has 26 heavy (non-hydrogen) atoms. The third-order valence-electron chi connectivity index (χ3n) is 3.83. The Bertz CT molecular complexity index is 947. The van der Waals surface area contributed by atoms with Crippen LogP contribution >= 0.6 is 11.6 Å². The van der Waals surface area contributed by atoms with Crippen molar-refractivity contribution in [2.24, 2.45) is 0 Å². The van der Waals surface area contributed by atoms with Crippen LogP contribution in [0, 0.1) is 12.7 Å². The highest BCUT2D eigenvalue weighted by Crippen LogP contribution is 2.23. The highest BCUT2D eigenvalue weighted by atomic mass is 35.5. The lowest BCUT2D eigenvalue weighted by Crippen LogP contribution is -2.16. The number of halogens is 2. The van der Waals surface area contributed by atoms with Gasteiger partial charge in [-0.3, -0.25) is 9.78 Å². The summed E-state index contributed by atoms with van der Waals surface area (Å²) in [5.74, 6) is -0.360. The number of nitrogens with one attached hydrogen (secondary N) is 1. The lowest BCUT2D eigenvalue weighted by molar-refractivity contribution is 0.102. The average molecular weight is 371 g/mol. The molecular formula is C20H16ClFN2O2. The normalized spacial score (nSPS) is 10.4. The molecule has 1 amide bonds. The van der Waals surface area contributed by atoms with Crippen molar-refractivity contribution in [1.82, 2.24) is 4.98 Å². The molecular weight excluding hydrogens is 355 g/mol. The number of pyridine rings is 1. The number of aromatic nitrogens is 1. The number of aryl methyl sites for hydroxylation is 1. The minimum absolute atomic E-state index is 0.0220. The van der Waals surface area contributed by atoms with Gasteiger partial charge in [0.05, 0.1) is 5.02 Å². The molecule has 0 unspecified atom stereocenters. The van der Waals surface area contributed by atoms with Crippen molar-refractivity contribution in [2.75, 3.05) is 5.32 Å². The predicted octanol–water partition coefficient (Wildman–Crippen LogP) is 5.01. The Morgan fingerprint density at radius 3 is 2.81 bits per heavy atom. The van der Waals surface area contributed by atoms with Crippen molar-refractivity contribution in [2.45, 2.75) is 13.5 Å². The minimum Gasteiger partial charge on any atom is -0.489 e. The molecule has 0 aliphatic heterocycles. The van der Waals surface area contributed by atoms with Gasteiger partial charge in [0.15, 0.2) is 0 Å². The molecule has 0 aliphatic rings. The second kappa shape index (κ2) is 7.97. The molecule has 0 radical (unpaired) electrons.